The first-order valence-corrected chi connectivity index (χ1v) is 17.4. The first-order valence-electron chi connectivity index (χ1n) is 13.4. The van der Waals surface area contributed by atoms with Crippen LogP contribution in [-0.4, -0.2) is 18.4 Å². The second-order valence-corrected chi connectivity index (χ2v) is 20.3. The van der Waals surface area contributed by atoms with Gasteiger partial charge in [0.15, 0.2) is 8.32 Å². The number of aromatic nitrogens is 1. The number of hydrogen-bond acceptors (Lipinski definition) is 3. The van der Waals surface area contributed by atoms with Crippen molar-refractivity contribution in [2.45, 2.75) is 124 Å². The van der Waals surface area contributed by atoms with Crippen molar-refractivity contribution in [3.63, 3.8) is 0 Å². The van der Waals surface area contributed by atoms with Gasteiger partial charge >= 0.3 is 0 Å². The van der Waals surface area contributed by atoms with Gasteiger partial charge in [0, 0.05) is 20.4 Å². The van der Waals surface area contributed by atoms with Crippen molar-refractivity contribution in [1.29, 1.82) is 0 Å². The molecule has 36 heavy (non-hydrogen) atoms. The number of fused-ring (bicyclic) bond motifs is 1. The Balaban J connectivity index is 2.18. The van der Waals surface area contributed by atoms with Gasteiger partial charge in [0.1, 0.15) is 6.10 Å². The van der Waals surface area contributed by atoms with Crippen LogP contribution in [0.4, 0.5) is 0 Å². The van der Waals surface area contributed by atoms with Gasteiger partial charge in [-0.25, -0.2) is 0 Å². The third-order valence-corrected chi connectivity index (χ3v) is 13.8. The highest BCUT2D eigenvalue weighted by Crippen LogP contribution is 2.50. The molecule has 200 valence electrons. The number of pyridine rings is 1. The molecule has 1 aliphatic rings. The topological polar surface area (TPSA) is 42.4 Å². The van der Waals surface area contributed by atoms with Crippen LogP contribution in [0.2, 0.25) is 18.1 Å². The second kappa shape index (κ2) is 10.1. The summed E-state index contributed by atoms with van der Waals surface area (Å²) in [5, 5.41) is 11.9. The molecule has 0 saturated heterocycles. The fourth-order valence-electron chi connectivity index (χ4n) is 4.91. The smallest absolute Gasteiger partial charge is 0.192 e. The Bertz CT molecular complexity index is 1090. The van der Waals surface area contributed by atoms with Crippen LogP contribution in [0.15, 0.2) is 24.3 Å². The lowest BCUT2D eigenvalue weighted by Crippen LogP contribution is -2.44. The van der Waals surface area contributed by atoms with Gasteiger partial charge in [-0.3, -0.25) is 4.98 Å². The van der Waals surface area contributed by atoms with Crippen LogP contribution >= 0.6 is 22.6 Å². The van der Waals surface area contributed by atoms with E-state index in [2.05, 4.69) is 129 Å². The summed E-state index contributed by atoms with van der Waals surface area (Å²) < 4.78 is 8.22. The van der Waals surface area contributed by atoms with E-state index in [1.807, 2.05) is 0 Å². The predicted octanol–water partition coefficient (Wildman–Crippen LogP) is 9.22. The molecule has 3 rings (SSSR count). The zero-order valence-corrected chi connectivity index (χ0v) is 27.8. The van der Waals surface area contributed by atoms with Gasteiger partial charge in [-0.2, -0.15) is 0 Å². The summed E-state index contributed by atoms with van der Waals surface area (Å²) in [5.41, 5.74) is 6.72. The lowest BCUT2D eigenvalue weighted by molar-refractivity contribution is 0.104. The van der Waals surface area contributed by atoms with Crippen molar-refractivity contribution in [3.05, 3.63) is 61.5 Å². The maximum absolute atomic E-state index is 11.8. The monoisotopic (exact) mass is 621 g/mol. The van der Waals surface area contributed by atoms with Crippen LogP contribution in [0.1, 0.15) is 127 Å². The van der Waals surface area contributed by atoms with E-state index in [1.54, 1.807) is 0 Å². The molecule has 1 unspecified atom stereocenters. The molecule has 0 fully saturated rings. The molecular formula is C31H48INO2Si. The number of aliphatic hydroxyl groups is 1. The largest absolute Gasteiger partial charge is 0.410 e. The van der Waals surface area contributed by atoms with Gasteiger partial charge in [-0.1, -0.05) is 93.5 Å². The quantitative estimate of drug-likeness (QED) is 0.267. The third-order valence-electron chi connectivity index (χ3n) is 8.18. The summed E-state index contributed by atoms with van der Waals surface area (Å²) >= 11 is 2.48. The normalized spacial score (nSPS) is 19.4. The van der Waals surface area contributed by atoms with E-state index < -0.39 is 14.4 Å². The van der Waals surface area contributed by atoms with E-state index >= 15 is 0 Å². The summed E-state index contributed by atoms with van der Waals surface area (Å²) in [6.07, 6.45) is 1.19. The van der Waals surface area contributed by atoms with Crippen LogP contribution in [0.3, 0.4) is 0 Å². The maximum atomic E-state index is 11.8. The zero-order chi connectivity index (χ0) is 27.4. The van der Waals surface area contributed by atoms with Crippen molar-refractivity contribution < 1.29 is 9.53 Å². The fraction of sp³-hybridized carbons (Fsp3) is 0.645. The maximum Gasteiger partial charge on any atom is 0.192 e. The molecule has 1 N–H and O–H groups in total. The Morgan fingerprint density at radius 3 is 2.08 bits per heavy atom. The van der Waals surface area contributed by atoms with Gasteiger partial charge in [-0.05, 0) is 81.4 Å². The molecule has 1 aliphatic carbocycles. The van der Waals surface area contributed by atoms with Crippen molar-refractivity contribution in [1.82, 2.24) is 4.98 Å². The lowest BCUT2D eigenvalue weighted by atomic mass is 9.74. The Kier molecular flexibility index (Phi) is 8.35. The lowest BCUT2D eigenvalue weighted by Gasteiger charge is -2.44. The Labute approximate surface area is 235 Å². The highest BCUT2D eigenvalue weighted by Gasteiger charge is 2.44. The van der Waals surface area contributed by atoms with Crippen molar-refractivity contribution in [2.75, 3.05) is 0 Å². The molecule has 0 aliphatic heterocycles. The van der Waals surface area contributed by atoms with Crippen molar-refractivity contribution in [3.8, 4) is 0 Å². The van der Waals surface area contributed by atoms with Crippen LogP contribution in [-0.2, 0) is 16.3 Å². The van der Waals surface area contributed by atoms with Gasteiger partial charge in [-0.15, -0.1) is 0 Å². The van der Waals surface area contributed by atoms with E-state index in [9.17, 15) is 5.11 Å². The molecule has 1 heterocycles. The molecule has 0 amide bonds. The third kappa shape index (κ3) is 6.10. The molecular weight excluding hydrogens is 573 g/mol. The highest BCUT2D eigenvalue weighted by molar-refractivity contribution is 14.1. The summed E-state index contributed by atoms with van der Waals surface area (Å²) in [4.78, 5) is 5.29. The Morgan fingerprint density at radius 1 is 1.06 bits per heavy atom. The first-order chi connectivity index (χ1) is 16.2. The van der Waals surface area contributed by atoms with Gasteiger partial charge in [0.05, 0.1) is 11.8 Å². The number of rotatable bonds is 5. The first kappa shape index (κ1) is 29.8. The Morgan fingerprint density at radius 2 is 1.61 bits per heavy atom. The van der Waals surface area contributed by atoms with Crippen molar-refractivity contribution in [2.24, 2.45) is 5.41 Å². The molecule has 2 atom stereocenters. The molecule has 0 spiro atoms. The molecule has 2 aromatic rings. The van der Waals surface area contributed by atoms with E-state index in [0.717, 1.165) is 38.9 Å². The van der Waals surface area contributed by atoms with Crippen LogP contribution in [0.25, 0.3) is 0 Å². The minimum absolute atomic E-state index is 0.000490. The van der Waals surface area contributed by atoms with Gasteiger partial charge < -0.3 is 9.53 Å². The molecule has 0 radical (unpaired) electrons. The van der Waals surface area contributed by atoms with Gasteiger partial charge in [0.25, 0.3) is 0 Å². The SMILES string of the molecule is CC(C)c1nc2c(c(I)c1[C@@H](O)c1ccc(C(C)(C)C)cc1)C(O[Si](C)(C)C(C)(C)C)CC(C)(C)C2. The van der Waals surface area contributed by atoms with Crippen LogP contribution < -0.4 is 0 Å². The van der Waals surface area contributed by atoms with E-state index in [4.69, 9.17) is 9.41 Å². The number of halogens is 1. The molecule has 0 saturated carbocycles. The zero-order valence-electron chi connectivity index (χ0n) is 24.6. The molecule has 1 aromatic carbocycles. The average molecular weight is 622 g/mol. The van der Waals surface area contributed by atoms with Crippen LogP contribution in [0, 0.1) is 8.99 Å². The summed E-state index contributed by atoms with van der Waals surface area (Å²) in [5.74, 6) is 0.215. The van der Waals surface area contributed by atoms with E-state index in [0.29, 0.717) is 0 Å². The number of hydrogen-bond donors (Lipinski definition) is 1. The number of nitrogens with zero attached hydrogens (tertiary/aromatic N) is 1. The average Bonchev–Trinajstić information content (AvgIpc) is 2.70. The highest BCUT2D eigenvalue weighted by atomic mass is 127. The molecule has 3 nitrogen and oxygen atoms in total. The fourth-order valence-corrected chi connectivity index (χ4v) is 7.40. The van der Waals surface area contributed by atoms with Crippen molar-refractivity contribution >= 4 is 30.9 Å². The molecule has 1 aromatic heterocycles. The molecule has 5 heteroatoms. The summed E-state index contributed by atoms with van der Waals surface area (Å²) in [6.45, 7) is 27.3. The van der Waals surface area contributed by atoms with Gasteiger partial charge in [0.2, 0.25) is 0 Å². The second-order valence-electron chi connectivity index (χ2n) is 14.4. The standard InChI is InChI=1S/C31H48INO2Si/c1-19(2)27-25(28(34)20-13-15-21(16-14-20)29(3,4)5)26(32)24-22(33-27)17-31(9,10)18-23(24)35-36(11,12)30(6,7)8/h13-16,19,23,28,34H,17-18H2,1-12H3/t23?,28-/m0/s1. The number of aliphatic hydroxyl groups excluding tert-OH is 1. The molecule has 0 bridgehead atoms. The summed E-state index contributed by atoms with van der Waals surface area (Å²) in [6, 6.07) is 8.46. The summed E-state index contributed by atoms with van der Waals surface area (Å²) in [7, 11) is -2.01. The number of benzene rings is 1. The Hall–Kier alpha value is -0.763. The van der Waals surface area contributed by atoms with E-state index in [-0.39, 0.29) is 27.9 Å². The minimum atomic E-state index is -2.01. The predicted molar refractivity (Wildman–Crippen MR) is 163 cm³/mol. The van der Waals surface area contributed by atoms with E-state index in [1.165, 1.54) is 11.1 Å². The van der Waals surface area contributed by atoms with Crippen LogP contribution in [0.5, 0.6) is 0 Å². The minimum Gasteiger partial charge on any atom is -0.410 e.